The van der Waals surface area contributed by atoms with Crippen LogP contribution in [0, 0.1) is 12.3 Å². The van der Waals surface area contributed by atoms with Crippen LogP contribution in [0.2, 0.25) is 0 Å². The van der Waals surface area contributed by atoms with Gasteiger partial charge >= 0.3 is 0 Å². The minimum atomic E-state index is -1.07. The maximum Gasteiger partial charge on any atom is 0.127 e. The van der Waals surface area contributed by atoms with Gasteiger partial charge in [0.15, 0.2) is 0 Å². The van der Waals surface area contributed by atoms with E-state index >= 15 is 0 Å². The van der Waals surface area contributed by atoms with Crippen molar-refractivity contribution in [2.45, 2.75) is 32.1 Å². The summed E-state index contributed by atoms with van der Waals surface area (Å²) in [4.78, 5) is 2.20. The molecule has 0 aliphatic carbocycles. The van der Waals surface area contributed by atoms with Crippen LogP contribution in [-0.4, -0.2) is 16.6 Å². The van der Waals surface area contributed by atoms with E-state index in [0.29, 0.717) is 6.42 Å². The zero-order valence-corrected chi connectivity index (χ0v) is 15.0. The second kappa shape index (κ2) is 6.97. The number of halogens is 1. The van der Waals surface area contributed by atoms with Crippen LogP contribution in [0.3, 0.4) is 0 Å². The Hall–Kier alpha value is -1.46. The van der Waals surface area contributed by atoms with Gasteiger partial charge in [0, 0.05) is 22.2 Å². The number of terminal acetylenes is 1. The Morgan fingerprint density at radius 2 is 2.35 bits per heavy atom. The van der Waals surface area contributed by atoms with E-state index in [2.05, 4.69) is 27.1 Å². The third-order valence-corrected chi connectivity index (χ3v) is 6.58. The molecule has 0 amide bonds. The van der Waals surface area contributed by atoms with Crippen molar-refractivity contribution in [2.24, 2.45) is 5.73 Å². The third-order valence-electron chi connectivity index (χ3n) is 3.55. The van der Waals surface area contributed by atoms with Crippen LogP contribution in [0.1, 0.15) is 22.2 Å². The van der Waals surface area contributed by atoms with Crippen LogP contribution in [0.15, 0.2) is 17.5 Å². The highest BCUT2D eigenvalue weighted by atomic mass is 32.1. The summed E-state index contributed by atoms with van der Waals surface area (Å²) >= 11 is 4.68. The highest BCUT2D eigenvalue weighted by molar-refractivity contribution is 7.24. The summed E-state index contributed by atoms with van der Waals surface area (Å²) in [6.07, 6.45) is 5.01. The Morgan fingerprint density at radius 3 is 3.00 bits per heavy atom. The molecule has 0 saturated heterocycles. The molecule has 0 bridgehead atoms. The number of nitrogens with zero attached hydrogens (tertiary/aromatic N) is 1. The van der Waals surface area contributed by atoms with Gasteiger partial charge in [-0.25, -0.2) is 4.39 Å². The second-order valence-electron chi connectivity index (χ2n) is 5.21. The molecule has 2 atom stereocenters. The minimum Gasteiger partial charge on any atom is -0.370 e. The van der Waals surface area contributed by atoms with Gasteiger partial charge < -0.3 is 11.1 Å². The fraction of sp³-hybridized carbons (Fsp3) is 0.312. The van der Waals surface area contributed by atoms with Crippen molar-refractivity contribution in [3.05, 3.63) is 32.8 Å². The largest absolute Gasteiger partial charge is 0.370 e. The van der Waals surface area contributed by atoms with Gasteiger partial charge in [-0.2, -0.15) is 4.37 Å². The predicted molar refractivity (Wildman–Crippen MR) is 99.3 cm³/mol. The number of nitrogens with one attached hydrogen (secondary N) is 1. The highest BCUT2D eigenvalue weighted by Crippen LogP contribution is 2.39. The van der Waals surface area contributed by atoms with Crippen LogP contribution in [0.5, 0.6) is 0 Å². The third kappa shape index (κ3) is 3.40. The highest BCUT2D eigenvalue weighted by Gasteiger charge is 2.21. The van der Waals surface area contributed by atoms with Crippen molar-refractivity contribution in [3.8, 4) is 12.3 Å². The first-order chi connectivity index (χ1) is 11.1. The summed E-state index contributed by atoms with van der Waals surface area (Å²) < 4.78 is 18.9. The SMILES string of the molecule is C#Cc1c(C[C@@H](N)[C@H](C)F)sc2c(NCc3cccs3)snc12. The number of fused-ring (bicyclic) bond motifs is 1. The molecule has 3 N–H and O–H groups in total. The summed E-state index contributed by atoms with van der Waals surface area (Å²) in [5.41, 5.74) is 7.43. The standard InChI is InChI=1S/C16H16FN3S3/c1-3-11-13(7-12(18)9(2)17)22-15-14(11)20-23-16(15)19-8-10-5-4-6-21-10/h1,4-6,9,12,19H,7-8,18H2,2H3/t9-,12+/m0/s1. The molecule has 0 radical (unpaired) electrons. The predicted octanol–water partition coefficient (Wildman–Crippen LogP) is 4.24. The van der Waals surface area contributed by atoms with Crippen molar-refractivity contribution in [1.29, 1.82) is 0 Å². The van der Waals surface area contributed by atoms with Gasteiger partial charge in [-0.15, -0.1) is 29.1 Å². The lowest BCUT2D eigenvalue weighted by atomic mass is 10.1. The summed E-state index contributed by atoms with van der Waals surface area (Å²) in [5, 5.41) is 6.47. The average molecular weight is 366 g/mol. The molecule has 7 heteroatoms. The first-order valence-electron chi connectivity index (χ1n) is 7.13. The van der Waals surface area contributed by atoms with Gasteiger partial charge in [0.25, 0.3) is 0 Å². The van der Waals surface area contributed by atoms with E-state index in [-0.39, 0.29) is 0 Å². The van der Waals surface area contributed by atoms with Gasteiger partial charge in [0.2, 0.25) is 0 Å². The molecule has 3 aromatic heterocycles. The molecule has 0 unspecified atom stereocenters. The van der Waals surface area contributed by atoms with Gasteiger partial charge in [-0.1, -0.05) is 12.0 Å². The van der Waals surface area contributed by atoms with E-state index in [0.717, 1.165) is 32.2 Å². The first kappa shape index (κ1) is 16.4. The quantitative estimate of drug-likeness (QED) is 0.643. The van der Waals surface area contributed by atoms with Gasteiger partial charge in [-0.05, 0) is 29.9 Å². The Labute approximate surface area is 146 Å². The van der Waals surface area contributed by atoms with Crippen molar-refractivity contribution in [1.82, 2.24) is 4.37 Å². The van der Waals surface area contributed by atoms with Gasteiger partial charge in [-0.3, -0.25) is 0 Å². The van der Waals surface area contributed by atoms with E-state index in [4.69, 9.17) is 12.2 Å². The summed E-state index contributed by atoms with van der Waals surface area (Å²) in [6.45, 7) is 2.23. The molecular formula is C16H16FN3S3. The second-order valence-corrected chi connectivity index (χ2v) is 8.12. The topological polar surface area (TPSA) is 50.9 Å². The van der Waals surface area contributed by atoms with E-state index in [9.17, 15) is 4.39 Å². The Balaban J connectivity index is 1.87. The Morgan fingerprint density at radius 1 is 1.52 bits per heavy atom. The van der Waals surface area contributed by atoms with Crippen molar-refractivity contribution in [2.75, 3.05) is 5.32 Å². The molecule has 0 aliphatic heterocycles. The number of thiophene rings is 2. The molecule has 3 rings (SSSR count). The van der Waals surface area contributed by atoms with Crippen molar-refractivity contribution in [3.63, 3.8) is 0 Å². The van der Waals surface area contributed by atoms with E-state index in [1.165, 1.54) is 23.3 Å². The van der Waals surface area contributed by atoms with Crippen molar-refractivity contribution < 1.29 is 4.39 Å². The lowest BCUT2D eigenvalue weighted by Gasteiger charge is -2.11. The number of nitrogens with two attached hydrogens (primary N) is 1. The lowest BCUT2D eigenvalue weighted by molar-refractivity contribution is 0.305. The van der Waals surface area contributed by atoms with Crippen LogP contribution < -0.4 is 11.1 Å². The number of rotatable bonds is 6. The maximum absolute atomic E-state index is 13.4. The molecule has 0 fully saturated rings. The monoisotopic (exact) mass is 365 g/mol. The first-order valence-corrected chi connectivity index (χ1v) is 9.60. The Kier molecular flexibility index (Phi) is 4.97. The number of alkyl halides is 1. The summed E-state index contributed by atoms with van der Waals surface area (Å²) in [7, 11) is 0. The fourth-order valence-electron chi connectivity index (χ4n) is 2.20. The molecule has 0 aromatic carbocycles. The molecule has 0 saturated carbocycles. The van der Waals surface area contributed by atoms with Gasteiger partial charge in [0.1, 0.15) is 16.7 Å². The molecule has 0 spiro atoms. The smallest absolute Gasteiger partial charge is 0.127 e. The van der Waals surface area contributed by atoms with Gasteiger partial charge in [0.05, 0.1) is 16.8 Å². The summed E-state index contributed by atoms with van der Waals surface area (Å²) in [5.74, 6) is 2.70. The number of hydrogen-bond acceptors (Lipinski definition) is 6. The van der Waals surface area contributed by atoms with E-state index < -0.39 is 12.2 Å². The Bertz CT molecular complexity index is 827. The zero-order chi connectivity index (χ0) is 16.4. The van der Waals surface area contributed by atoms with Crippen LogP contribution in [-0.2, 0) is 13.0 Å². The maximum atomic E-state index is 13.4. The lowest BCUT2D eigenvalue weighted by Crippen LogP contribution is -2.31. The molecule has 3 aromatic rings. The molecular weight excluding hydrogens is 349 g/mol. The molecule has 3 nitrogen and oxygen atoms in total. The number of anilines is 1. The minimum absolute atomic E-state index is 0.438. The normalized spacial score (nSPS) is 13.8. The van der Waals surface area contributed by atoms with Crippen LogP contribution >= 0.6 is 34.2 Å². The van der Waals surface area contributed by atoms with Crippen LogP contribution in [0.25, 0.3) is 10.2 Å². The van der Waals surface area contributed by atoms with E-state index in [1.54, 1.807) is 22.7 Å². The van der Waals surface area contributed by atoms with E-state index in [1.807, 2.05) is 6.07 Å². The molecule has 120 valence electrons. The molecule has 0 aliphatic rings. The van der Waals surface area contributed by atoms with Crippen molar-refractivity contribution >= 4 is 49.4 Å². The number of aromatic nitrogens is 1. The number of hydrogen-bond donors (Lipinski definition) is 2. The summed E-state index contributed by atoms with van der Waals surface area (Å²) in [6, 6.07) is 3.57. The molecule has 3 heterocycles. The average Bonchev–Trinajstić information content (AvgIpc) is 3.21. The molecule has 23 heavy (non-hydrogen) atoms. The fourth-order valence-corrected chi connectivity index (χ4v) is 5.01. The zero-order valence-electron chi connectivity index (χ0n) is 12.5. The van der Waals surface area contributed by atoms with Crippen LogP contribution in [0.4, 0.5) is 9.39 Å².